The zero-order valence-electron chi connectivity index (χ0n) is 16.7. The Balaban J connectivity index is 1.52. The topological polar surface area (TPSA) is 84.3 Å². The van der Waals surface area contributed by atoms with Crippen LogP contribution in [0.4, 0.5) is 0 Å². The maximum Gasteiger partial charge on any atom is 0.243 e. The summed E-state index contributed by atoms with van der Waals surface area (Å²) in [6.45, 7) is 5.14. The predicted molar refractivity (Wildman–Crippen MR) is 107 cm³/mol. The number of imidazole rings is 1. The number of aromatic nitrogens is 2. The average molecular weight is 405 g/mol. The van der Waals surface area contributed by atoms with E-state index in [2.05, 4.69) is 10.3 Å². The third-order valence-corrected chi connectivity index (χ3v) is 7.40. The minimum atomic E-state index is -3.51. The Morgan fingerprint density at radius 1 is 1.21 bits per heavy atom. The summed E-state index contributed by atoms with van der Waals surface area (Å²) in [6, 6.07) is 5.22. The molecule has 2 aromatic rings. The molecule has 0 aliphatic carbocycles. The first-order valence-corrected chi connectivity index (χ1v) is 11.0. The number of amides is 1. The predicted octanol–water partition coefficient (Wildman–Crippen LogP) is 1.80. The van der Waals surface area contributed by atoms with Crippen LogP contribution in [0, 0.1) is 19.8 Å². The second-order valence-electron chi connectivity index (χ2n) is 7.42. The molecule has 0 unspecified atom stereocenters. The molecule has 152 valence electrons. The van der Waals surface area contributed by atoms with E-state index in [-0.39, 0.29) is 11.8 Å². The molecule has 0 spiro atoms. The number of aryl methyl sites for hydroxylation is 3. The minimum Gasteiger partial charge on any atom is -0.355 e. The van der Waals surface area contributed by atoms with Crippen molar-refractivity contribution in [1.82, 2.24) is 19.2 Å². The highest BCUT2D eigenvalue weighted by molar-refractivity contribution is 7.89. The van der Waals surface area contributed by atoms with E-state index in [4.69, 9.17) is 0 Å². The molecule has 0 radical (unpaired) electrons. The monoisotopic (exact) mass is 404 g/mol. The SMILES string of the molecule is Cc1ccc(S(=O)(=O)N2CCC(C(=O)NCCc3nccn3C)CC2)cc1C. The highest BCUT2D eigenvalue weighted by Crippen LogP contribution is 2.25. The van der Waals surface area contributed by atoms with Gasteiger partial charge in [0.05, 0.1) is 4.90 Å². The molecule has 0 bridgehead atoms. The van der Waals surface area contributed by atoms with E-state index in [1.807, 2.05) is 37.7 Å². The molecule has 1 amide bonds. The number of benzene rings is 1. The summed E-state index contributed by atoms with van der Waals surface area (Å²) in [7, 11) is -1.58. The summed E-state index contributed by atoms with van der Waals surface area (Å²) in [4.78, 5) is 17.0. The van der Waals surface area contributed by atoms with Crippen molar-refractivity contribution >= 4 is 15.9 Å². The Morgan fingerprint density at radius 2 is 1.93 bits per heavy atom. The zero-order chi connectivity index (χ0) is 20.3. The Kier molecular flexibility index (Phi) is 6.20. The maximum atomic E-state index is 12.9. The van der Waals surface area contributed by atoms with Gasteiger partial charge in [-0.05, 0) is 49.9 Å². The van der Waals surface area contributed by atoms with E-state index in [0.717, 1.165) is 17.0 Å². The molecule has 1 fully saturated rings. The molecule has 0 saturated carbocycles. The minimum absolute atomic E-state index is 0.00237. The lowest BCUT2D eigenvalue weighted by atomic mass is 9.97. The summed E-state index contributed by atoms with van der Waals surface area (Å²) in [5, 5.41) is 2.96. The molecule has 1 aromatic carbocycles. The van der Waals surface area contributed by atoms with E-state index in [1.165, 1.54) is 4.31 Å². The molecular weight excluding hydrogens is 376 g/mol. The van der Waals surface area contributed by atoms with Crippen LogP contribution in [0.2, 0.25) is 0 Å². The van der Waals surface area contributed by atoms with Gasteiger partial charge in [0.1, 0.15) is 5.82 Å². The van der Waals surface area contributed by atoms with Crippen molar-refractivity contribution in [2.45, 2.75) is 38.0 Å². The van der Waals surface area contributed by atoms with Crippen LogP contribution in [0.1, 0.15) is 29.8 Å². The first kappa shape index (κ1) is 20.5. The van der Waals surface area contributed by atoms with Crippen molar-refractivity contribution in [3.8, 4) is 0 Å². The lowest BCUT2D eigenvalue weighted by Gasteiger charge is -2.30. The molecule has 1 aromatic heterocycles. The molecule has 1 aliphatic rings. The fourth-order valence-corrected chi connectivity index (χ4v) is 5.02. The van der Waals surface area contributed by atoms with Gasteiger partial charge in [0.15, 0.2) is 0 Å². The quantitative estimate of drug-likeness (QED) is 0.796. The number of carbonyl (C=O) groups is 1. The summed E-state index contributed by atoms with van der Waals surface area (Å²) in [5.74, 6) is 0.777. The molecule has 7 nitrogen and oxygen atoms in total. The fourth-order valence-electron chi connectivity index (χ4n) is 3.46. The third kappa shape index (κ3) is 4.44. The average Bonchev–Trinajstić information content (AvgIpc) is 3.08. The van der Waals surface area contributed by atoms with Gasteiger partial charge in [-0.2, -0.15) is 4.31 Å². The molecule has 2 heterocycles. The largest absolute Gasteiger partial charge is 0.355 e. The summed E-state index contributed by atoms with van der Waals surface area (Å²) >= 11 is 0. The summed E-state index contributed by atoms with van der Waals surface area (Å²) in [6.07, 6.45) is 5.37. The van der Waals surface area contributed by atoms with Gasteiger partial charge in [0.2, 0.25) is 15.9 Å². The van der Waals surface area contributed by atoms with Gasteiger partial charge in [-0.25, -0.2) is 13.4 Å². The molecule has 0 atom stereocenters. The Labute approximate surface area is 166 Å². The van der Waals surface area contributed by atoms with Gasteiger partial charge in [0.25, 0.3) is 0 Å². The van der Waals surface area contributed by atoms with Crippen molar-refractivity contribution < 1.29 is 13.2 Å². The molecule has 1 saturated heterocycles. The van der Waals surface area contributed by atoms with E-state index >= 15 is 0 Å². The Morgan fingerprint density at radius 3 is 2.54 bits per heavy atom. The number of sulfonamides is 1. The number of nitrogens with one attached hydrogen (secondary N) is 1. The first-order valence-electron chi connectivity index (χ1n) is 9.60. The van der Waals surface area contributed by atoms with E-state index in [9.17, 15) is 13.2 Å². The lowest BCUT2D eigenvalue weighted by molar-refractivity contribution is -0.126. The van der Waals surface area contributed by atoms with Crippen molar-refractivity contribution in [2.24, 2.45) is 13.0 Å². The summed E-state index contributed by atoms with van der Waals surface area (Å²) in [5.41, 5.74) is 2.03. The Hall–Kier alpha value is -2.19. The van der Waals surface area contributed by atoms with Crippen LogP contribution in [0.25, 0.3) is 0 Å². The van der Waals surface area contributed by atoms with Crippen LogP contribution in [0.5, 0.6) is 0 Å². The van der Waals surface area contributed by atoms with Crippen LogP contribution in [-0.2, 0) is 28.3 Å². The molecule has 8 heteroatoms. The van der Waals surface area contributed by atoms with E-state index in [1.54, 1.807) is 18.3 Å². The van der Waals surface area contributed by atoms with Gasteiger partial charge in [-0.1, -0.05) is 6.07 Å². The second-order valence-corrected chi connectivity index (χ2v) is 9.36. The second kappa shape index (κ2) is 8.45. The number of nitrogens with zero attached hydrogens (tertiary/aromatic N) is 3. The van der Waals surface area contributed by atoms with Crippen LogP contribution in [0.3, 0.4) is 0 Å². The first-order chi connectivity index (χ1) is 13.3. The van der Waals surface area contributed by atoms with Crippen molar-refractivity contribution in [2.75, 3.05) is 19.6 Å². The van der Waals surface area contributed by atoms with Crippen molar-refractivity contribution in [3.63, 3.8) is 0 Å². The molecular formula is C20H28N4O3S. The zero-order valence-corrected chi connectivity index (χ0v) is 17.5. The van der Waals surface area contributed by atoms with Gasteiger partial charge in [-0.15, -0.1) is 0 Å². The normalized spacial score (nSPS) is 16.2. The number of carbonyl (C=O) groups excluding carboxylic acids is 1. The van der Waals surface area contributed by atoms with E-state index in [0.29, 0.717) is 43.8 Å². The number of rotatable bonds is 6. The highest BCUT2D eigenvalue weighted by atomic mass is 32.2. The third-order valence-electron chi connectivity index (χ3n) is 5.51. The standard InChI is InChI=1S/C20H28N4O3S/c1-15-4-5-18(14-16(15)2)28(26,27)24-11-7-17(8-12-24)20(25)22-9-6-19-21-10-13-23(19)3/h4-5,10,13-14,17H,6-9,11-12H2,1-3H3,(H,22,25). The fraction of sp³-hybridized carbons (Fsp3) is 0.500. The lowest BCUT2D eigenvalue weighted by Crippen LogP contribution is -2.43. The van der Waals surface area contributed by atoms with Gasteiger partial charge in [-0.3, -0.25) is 4.79 Å². The maximum absolute atomic E-state index is 12.9. The smallest absolute Gasteiger partial charge is 0.243 e. The van der Waals surface area contributed by atoms with Crippen molar-refractivity contribution in [3.05, 3.63) is 47.5 Å². The van der Waals surface area contributed by atoms with Crippen LogP contribution in [0.15, 0.2) is 35.5 Å². The van der Waals surface area contributed by atoms with Crippen LogP contribution < -0.4 is 5.32 Å². The molecule has 1 N–H and O–H groups in total. The van der Waals surface area contributed by atoms with Crippen LogP contribution in [-0.4, -0.2) is 47.8 Å². The highest BCUT2D eigenvalue weighted by Gasteiger charge is 2.32. The van der Waals surface area contributed by atoms with E-state index < -0.39 is 10.0 Å². The van der Waals surface area contributed by atoms with Gasteiger partial charge >= 0.3 is 0 Å². The van der Waals surface area contributed by atoms with Crippen molar-refractivity contribution in [1.29, 1.82) is 0 Å². The number of piperidine rings is 1. The number of hydrogen-bond acceptors (Lipinski definition) is 4. The molecule has 28 heavy (non-hydrogen) atoms. The summed E-state index contributed by atoms with van der Waals surface area (Å²) < 4.78 is 29.2. The Bertz CT molecular complexity index is 944. The van der Waals surface area contributed by atoms with Gasteiger partial charge < -0.3 is 9.88 Å². The number of hydrogen-bond donors (Lipinski definition) is 1. The van der Waals surface area contributed by atoms with Gasteiger partial charge in [0, 0.05) is 51.4 Å². The molecule has 1 aliphatic heterocycles. The van der Waals surface area contributed by atoms with Crippen LogP contribution >= 0.6 is 0 Å². The molecule has 3 rings (SSSR count).